The number of piperidine rings is 1. The lowest BCUT2D eigenvalue weighted by Crippen LogP contribution is -2.42. The van der Waals surface area contributed by atoms with Crippen molar-refractivity contribution >= 4 is 28.3 Å². The van der Waals surface area contributed by atoms with Crippen molar-refractivity contribution in [2.75, 3.05) is 26.2 Å². The van der Waals surface area contributed by atoms with Crippen molar-refractivity contribution < 1.29 is 13.2 Å². The first-order chi connectivity index (χ1) is 11.8. The maximum atomic E-state index is 12.8. The normalized spacial score (nSPS) is 17.4. The van der Waals surface area contributed by atoms with Gasteiger partial charge in [0, 0.05) is 37.8 Å². The van der Waals surface area contributed by atoms with Crippen LogP contribution in [0.3, 0.4) is 0 Å². The molecule has 26 heavy (non-hydrogen) atoms. The summed E-state index contributed by atoms with van der Waals surface area (Å²) in [6.45, 7) is 8.07. The zero-order valence-corrected chi connectivity index (χ0v) is 17.4. The lowest BCUT2D eigenvalue weighted by molar-refractivity contribution is 0.0773. The van der Waals surface area contributed by atoms with Crippen LogP contribution in [-0.2, 0) is 10.0 Å². The summed E-state index contributed by atoms with van der Waals surface area (Å²) in [7, 11) is -3.52. The Kier molecular flexibility index (Phi) is 8.53. The molecule has 1 atom stereocenters. The van der Waals surface area contributed by atoms with Crippen molar-refractivity contribution in [3.05, 3.63) is 29.8 Å². The molecule has 2 N–H and O–H groups in total. The van der Waals surface area contributed by atoms with Gasteiger partial charge in [0.25, 0.3) is 5.91 Å². The average molecular weight is 404 g/mol. The third-order valence-corrected chi connectivity index (χ3v) is 6.94. The maximum absolute atomic E-state index is 12.8. The predicted molar refractivity (Wildman–Crippen MR) is 106 cm³/mol. The summed E-state index contributed by atoms with van der Waals surface area (Å²) in [6, 6.07) is 6.35. The number of benzene rings is 1. The monoisotopic (exact) mass is 403 g/mol. The average Bonchev–Trinajstić information content (AvgIpc) is 2.62. The van der Waals surface area contributed by atoms with E-state index >= 15 is 0 Å². The second-order valence-electron chi connectivity index (χ2n) is 6.60. The number of carbonyl (C=O) groups excluding carboxylic acids is 1. The van der Waals surface area contributed by atoms with E-state index in [1.165, 1.54) is 16.4 Å². The molecule has 6 nitrogen and oxygen atoms in total. The van der Waals surface area contributed by atoms with Gasteiger partial charge >= 0.3 is 0 Å². The Bertz CT molecular complexity index is 680. The summed E-state index contributed by atoms with van der Waals surface area (Å²) in [5.41, 5.74) is 6.43. The molecular weight excluding hydrogens is 374 g/mol. The summed E-state index contributed by atoms with van der Waals surface area (Å²) in [6.07, 6.45) is 1.57. The lowest BCUT2D eigenvalue weighted by Gasteiger charge is -2.33. The van der Waals surface area contributed by atoms with Gasteiger partial charge in [-0.1, -0.05) is 0 Å². The molecule has 8 heteroatoms. The molecule has 0 saturated carbocycles. The van der Waals surface area contributed by atoms with Gasteiger partial charge in [0.1, 0.15) is 0 Å². The SMILES string of the molecule is CCN(CC)C(=O)c1ccc(S(=O)(=O)N2CCC(C(C)N)CC2)cc1.Cl. The topological polar surface area (TPSA) is 83.7 Å². The first-order valence-corrected chi connectivity index (χ1v) is 10.4. The van der Waals surface area contributed by atoms with Crippen LogP contribution in [0.4, 0.5) is 0 Å². The van der Waals surface area contributed by atoms with E-state index in [0.29, 0.717) is 37.7 Å². The van der Waals surface area contributed by atoms with Gasteiger partial charge in [-0.3, -0.25) is 4.79 Å². The van der Waals surface area contributed by atoms with E-state index in [2.05, 4.69) is 0 Å². The number of halogens is 1. The van der Waals surface area contributed by atoms with Crippen LogP contribution in [0.25, 0.3) is 0 Å². The number of rotatable bonds is 6. The highest BCUT2D eigenvalue weighted by atomic mass is 35.5. The van der Waals surface area contributed by atoms with Gasteiger partial charge < -0.3 is 10.6 Å². The third kappa shape index (κ3) is 4.97. The molecule has 148 valence electrons. The fourth-order valence-electron chi connectivity index (χ4n) is 3.25. The molecule has 2 rings (SSSR count). The number of amides is 1. The van der Waals surface area contributed by atoms with Gasteiger partial charge in [0.2, 0.25) is 10.0 Å². The van der Waals surface area contributed by atoms with Crippen molar-refractivity contribution in [2.24, 2.45) is 11.7 Å². The first kappa shape index (κ1) is 22.9. The lowest BCUT2D eigenvalue weighted by atomic mass is 9.92. The second-order valence-corrected chi connectivity index (χ2v) is 8.54. The van der Waals surface area contributed by atoms with E-state index in [9.17, 15) is 13.2 Å². The number of hydrogen-bond acceptors (Lipinski definition) is 4. The molecule has 1 unspecified atom stereocenters. The fraction of sp³-hybridized carbons (Fsp3) is 0.611. The Hall–Kier alpha value is -1.15. The summed E-state index contributed by atoms with van der Waals surface area (Å²) in [5.74, 6) is 0.298. The molecule has 1 aliphatic rings. The minimum absolute atomic E-state index is 0. The highest BCUT2D eigenvalue weighted by Crippen LogP contribution is 2.25. The number of carbonyl (C=O) groups is 1. The highest BCUT2D eigenvalue weighted by Gasteiger charge is 2.30. The molecule has 1 fully saturated rings. The van der Waals surface area contributed by atoms with E-state index in [1.54, 1.807) is 17.0 Å². The predicted octanol–water partition coefficient (Wildman–Crippen LogP) is 2.34. The van der Waals surface area contributed by atoms with Gasteiger partial charge in [0.05, 0.1) is 4.90 Å². The molecule has 0 aliphatic carbocycles. The molecule has 1 aromatic rings. The van der Waals surface area contributed by atoms with Crippen LogP contribution in [0.1, 0.15) is 44.0 Å². The zero-order valence-electron chi connectivity index (χ0n) is 15.7. The van der Waals surface area contributed by atoms with Gasteiger partial charge in [-0.15, -0.1) is 12.4 Å². The van der Waals surface area contributed by atoms with Gasteiger partial charge in [-0.2, -0.15) is 4.31 Å². The van der Waals surface area contributed by atoms with Crippen molar-refractivity contribution in [3.8, 4) is 0 Å². The maximum Gasteiger partial charge on any atom is 0.253 e. The molecule has 1 aromatic carbocycles. The van der Waals surface area contributed by atoms with Crippen molar-refractivity contribution in [3.63, 3.8) is 0 Å². The Balaban J connectivity index is 0.00000338. The van der Waals surface area contributed by atoms with Crippen LogP contribution in [-0.4, -0.2) is 55.8 Å². The molecule has 0 spiro atoms. The molecular formula is C18H30ClN3O3S. The second kappa shape index (κ2) is 9.69. The Morgan fingerprint density at radius 1 is 1.19 bits per heavy atom. The standard InChI is InChI=1S/C18H29N3O3S.ClH/c1-4-20(5-2)18(22)16-6-8-17(9-7-16)25(23,24)21-12-10-15(11-13-21)14(3)19;/h6-9,14-15H,4-5,10-13,19H2,1-3H3;1H. The fourth-order valence-corrected chi connectivity index (χ4v) is 4.72. The molecule has 1 saturated heterocycles. The van der Waals surface area contributed by atoms with E-state index < -0.39 is 10.0 Å². The zero-order chi connectivity index (χ0) is 18.6. The van der Waals surface area contributed by atoms with Crippen LogP contribution in [0.5, 0.6) is 0 Å². The van der Waals surface area contributed by atoms with Crippen LogP contribution in [0.2, 0.25) is 0 Å². The third-order valence-electron chi connectivity index (χ3n) is 5.03. The summed E-state index contributed by atoms with van der Waals surface area (Å²) in [4.78, 5) is 14.3. The molecule has 0 radical (unpaired) electrons. The Labute approximate surface area is 163 Å². The van der Waals surface area contributed by atoms with Gasteiger partial charge in [-0.05, 0) is 63.8 Å². The highest BCUT2D eigenvalue weighted by molar-refractivity contribution is 7.89. The Morgan fingerprint density at radius 3 is 2.12 bits per heavy atom. The van der Waals surface area contributed by atoms with Gasteiger partial charge in [-0.25, -0.2) is 8.42 Å². The summed E-state index contributed by atoms with van der Waals surface area (Å²) < 4.78 is 27.1. The van der Waals surface area contributed by atoms with Crippen LogP contribution in [0.15, 0.2) is 29.2 Å². The first-order valence-electron chi connectivity index (χ1n) is 8.96. The van der Waals surface area contributed by atoms with Crippen molar-refractivity contribution in [1.82, 2.24) is 9.21 Å². The van der Waals surface area contributed by atoms with Gasteiger partial charge in [0.15, 0.2) is 0 Å². The molecule has 0 aromatic heterocycles. The van der Waals surface area contributed by atoms with Crippen molar-refractivity contribution in [1.29, 1.82) is 0 Å². The van der Waals surface area contributed by atoms with E-state index in [4.69, 9.17) is 5.73 Å². The van der Waals surface area contributed by atoms with Crippen LogP contribution >= 0.6 is 12.4 Å². The van der Waals surface area contributed by atoms with E-state index in [0.717, 1.165) is 12.8 Å². The number of sulfonamides is 1. The quantitative estimate of drug-likeness (QED) is 0.790. The summed E-state index contributed by atoms with van der Waals surface area (Å²) in [5, 5.41) is 0. The molecule has 1 amide bonds. The number of nitrogens with two attached hydrogens (primary N) is 1. The van der Waals surface area contributed by atoms with Crippen molar-refractivity contribution in [2.45, 2.75) is 44.6 Å². The largest absolute Gasteiger partial charge is 0.339 e. The number of nitrogens with zero attached hydrogens (tertiary/aromatic N) is 2. The van der Waals surface area contributed by atoms with E-state index in [1.807, 2.05) is 20.8 Å². The number of hydrogen-bond donors (Lipinski definition) is 1. The smallest absolute Gasteiger partial charge is 0.253 e. The molecule has 0 bridgehead atoms. The van der Waals surface area contributed by atoms with Crippen LogP contribution in [0, 0.1) is 5.92 Å². The molecule has 1 heterocycles. The Morgan fingerprint density at radius 2 is 1.69 bits per heavy atom. The van der Waals surface area contributed by atoms with Crippen LogP contribution < -0.4 is 5.73 Å². The molecule has 1 aliphatic heterocycles. The minimum Gasteiger partial charge on any atom is -0.339 e. The van der Waals surface area contributed by atoms with E-state index in [-0.39, 0.29) is 29.3 Å². The summed E-state index contributed by atoms with van der Waals surface area (Å²) >= 11 is 0. The minimum atomic E-state index is -3.52.